The van der Waals surface area contributed by atoms with E-state index in [0.29, 0.717) is 25.9 Å². The number of sulfonamides is 1. The van der Waals surface area contributed by atoms with E-state index >= 15 is 0 Å². The molecule has 2 aliphatic heterocycles. The second kappa shape index (κ2) is 10.0. The lowest BCUT2D eigenvalue weighted by Gasteiger charge is -2.34. The number of benzene rings is 2. The second-order valence-corrected chi connectivity index (χ2v) is 10.8. The number of carbonyl (C=O) groups excluding carboxylic acids is 1. The highest BCUT2D eigenvalue weighted by atomic mass is 32.2. The van der Waals surface area contributed by atoms with Gasteiger partial charge in [-0.25, -0.2) is 12.7 Å². The maximum atomic E-state index is 13.3. The number of ether oxygens (including phenoxy) is 1. The van der Waals surface area contributed by atoms with Gasteiger partial charge in [-0.3, -0.25) is 4.79 Å². The highest BCUT2D eigenvalue weighted by molar-refractivity contribution is 7.88. The molecule has 4 rings (SSSR count). The molecule has 1 atom stereocenters. The summed E-state index contributed by atoms with van der Waals surface area (Å²) in [6.45, 7) is 1.62. The normalized spacial score (nSPS) is 20.4. The molecule has 0 aliphatic carbocycles. The van der Waals surface area contributed by atoms with Gasteiger partial charge >= 0.3 is 0 Å². The van der Waals surface area contributed by atoms with Crippen LogP contribution in [0.4, 0.5) is 0 Å². The molecule has 32 heavy (non-hydrogen) atoms. The summed E-state index contributed by atoms with van der Waals surface area (Å²) in [5, 5.41) is 0. The van der Waals surface area contributed by atoms with E-state index in [4.69, 9.17) is 4.74 Å². The molecule has 172 valence electrons. The first-order valence-electron chi connectivity index (χ1n) is 11.4. The molecule has 0 N–H and O–H groups in total. The molecule has 1 amide bonds. The van der Waals surface area contributed by atoms with Gasteiger partial charge < -0.3 is 9.64 Å². The van der Waals surface area contributed by atoms with Crippen LogP contribution in [0.1, 0.15) is 36.8 Å². The van der Waals surface area contributed by atoms with Crippen LogP contribution in [0, 0.1) is 5.92 Å². The van der Waals surface area contributed by atoms with E-state index in [9.17, 15) is 13.2 Å². The summed E-state index contributed by atoms with van der Waals surface area (Å²) < 4.78 is 32.5. The fourth-order valence-corrected chi connectivity index (χ4v) is 6.46. The van der Waals surface area contributed by atoms with Crippen LogP contribution in [0.15, 0.2) is 54.6 Å². The van der Waals surface area contributed by atoms with Gasteiger partial charge in [0, 0.05) is 31.6 Å². The number of amides is 1. The molecular formula is C25H32N2O4S. The highest BCUT2D eigenvalue weighted by Crippen LogP contribution is 2.29. The first-order valence-corrected chi connectivity index (χ1v) is 13.0. The third-order valence-corrected chi connectivity index (χ3v) is 8.50. The first kappa shape index (κ1) is 22.8. The van der Waals surface area contributed by atoms with Gasteiger partial charge in [0.05, 0.1) is 12.9 Å². The van der Waals surface area contributed by atoms with Crippen LogP contribution in [0.2, 0.25) is 0 Å². The number of hydrogen-bond acceptors (Lipinski definition) is 4. The van der Waals surface area contributed by atoms with Crippen molar-refractivity contribution in [1.82, 2.24) is 9.21 Å². The van der Waals surface area contributed by atoms with Crippen molar-refractivity contribution < 1.29 is 17.9 Å². The monoisotopic (exact) mass is 456 g/mol. The van der Waals surface area contributed by atoms with Crippen LogP contribution in [0.25, 0.3) is 0 Å². The maximum absolute atomic E-state index is 13.3. The third kappa shape index (κ3) is 5.33. The van der Waals surface area contributed by atoms with E-state index in [-0.39, 0.29) is 23.6 Å². The molecule has 2 fully saturated rings. The number of methoxy groups -OCH3 is 1. The van der Waals surface area contributed by atoms with Gasteiger partial charge in [-0.15, -0.1) is 0 Å². The van der Waals surface area contributed by atoms with Crippen LogP contribution < -0.4 is 4.74 Å². The first-order chi connectivity index (χ1) is 15.5. The number of hydrogen-bond donors (Lipinski definition) is 0. The highest BCUT2D eigenvalue weighted by Gasteiger charge is 2.36. The molecule has 6 nitrogen and oxygen atoms in total. The predicted octanol–water partition coefficient (Wildman–Crippen LogP) is 3.47. The summed E-state index contributed by atoms with van der Waals surface area (Å²) in [4.78, 5) is 15.3. The van der Waals surface area contributed by atoms with Gasteiger partial charge in [-0.2, -0.15) is 0 Å². The molecule has 0 saturated carbocycles. The molecule has 0 bridgehead atoms. The van der Waals surface area contributed by atoms with E-state index in [2.05, 4.69) is 6.07 Å². The Morgan fingerprint density at radius 2 is 1.69 bits per heavy atom. The number of rotatable bonds is 7. The molecule has 0 aromatic heterocycles. The number of nitrogens with zero attached hydrogens (tertiary/aromatic N) is 2. The number of likely N-dealkylation sites (tertiary alicyclic amines) is 1. The van der Waals surface area contributed by atoms with Crippen molar-refractivity contribution in [1.29, 1.82) is 0 Å². The zero-order valence-corrected chi connectivity index (χ0v) is 19.5. The summed E-state index contributed by atoms with van der Waals surface area (Å²) >= 11 is 0. The molecule has 0 spiro atoms. The molecule has 2 heterocycles. The van der Waals surface area contributed by atoms with Crippen LogP contribution in [0.3, 0.4) is 0 Å². The maximum Gasteiger partial charge on any atom is 0.226 e. The lowest BCUT2D eigenvalue weighted by atomic mass is 9.95. The fraction of sp³-hybridized carbons (Fsp3) is 0.480. The molecule has 2 aliphatic rings. The molecule has 1 unspecified atom stereocenters. The van der Waals surface area contributed by atoms with Crippen molar-refractivity contribution in [2.75, 3.05) is 26.7 Å². The summed E-state index contributed by atoms with van der Waals surface area (Å²) in [5.74, 6) is 0.948. The SMILES string of the molecule is COc1cccc(CC2CCCN2C(=O)C2CCN(S(=O)(=O)Cc3ccccc3)CC2)c1. The van der Waals surface area contributed by atoms with E-state index in [0.717, 1.165) is 37.1 Å². The van der Waals surface area contributed by atoms with Crippen molar-refractivity contribution in [2.24, 2.45) is 5.92 Å². The predicted molar refractivity (Wildman–Crippen MR) is 125 cm³/mol. The lowest BCUT2D eigenvalue weighted by molar-refractivity contribution is -0.137. The van der Waals surface area contributed by atoms with E-state index in [1.807, 2.05) is 53.4 Å². The minimum atomic E-state index is -3.37. The average molecular weight is 457 g/mol. The number of carbonyl (C=O) groups is 1. The summed E-state index contributed by atoms with van der Waals surface area (Å²) in [5.41, 5.74) is 1.97. The van der Waals surface area contributed by atoms with Crippen molar-refractivity contribution in [2.45, 2.75) is 43.9 Å². The van der Waals surface area contributed by atoms with Gasteiger partial charge in [-0.1, -0.05) is 42.5 Å². The molecule has 2 aromatic rings. The van der Waals surface area contributed by atoms with Crippen molar-refractivity contribution in [3.63, 3.8) is 0 Å². The van der Waals surface area contributed by atoms with Crippen LogP contribution in [-0.2, 0) is 27.0 Å². The summed E-state index contributed by atoms with van der Waals surface area (Å²) in [6.07, 6.45) is 4.04. The Bertz CT molecular complexity index is 1020. The van der Waals surface area contributed by atoms with Crippen LogP contribution in [0.5, 0.6) is 5.75 Å². The summed E-state index contributed by atoms with van der Waals surface area (Å²) in [6, 6.07) is 17.5. The Hall–Kier alpha value is -2.38. The number of piperidine rings is 1. The Morgan fingerprint density at radius 3 is 2.41 bits per heavy atom. The molecule has 7 heteroatoms. The Morgan fingerprint density at radius 1 is 0.969 bits per heavy atom. The van der Waals surface area contributed by atoms with E-state index < -0.39 is 10.0 Å². The van der Waals surface area contributed by atoms with Crippen molar-refractivity contribution in [3.8, 4) is 5.75 Å². The van der Waals surface area contributed by atoms with Gasteiger partial charge in [-0.05, 0) is 55.4 Å². The smallest absolute Gasteiger partial charge is 0.226 e. The van der Waals surface area contributed by atoms with Crippen LogP contribution >= 0.6 is 0 Å². The minimum Gasteiger partial charge on any atom is -0.497 e. The molecule has 2 aromatic carbocycles. The molecule has 2 saturated heterocycles. The van der Waals surface area contributed by atoms with Crippen LogP contribution in [-0.4, -0.2) is 56.3 Å². The third-order valence-electron chi connectivity index (χ3n) is 6.65. The standard InChI is InChI=1S/C25H32N2O4S/c1-31-24-11-5-9-21(18-24)17-23-10-6-14-27(23)25(28)22-12-15-26(16-13-22)32(29,30)19-20-7-3-2-4-8-20/h2-5,7-9,11,18,22-23H,6,10,12-17,19H2,1H3. The largest absolute Gasteiger partial charge is 0.497 e. The van der Waals surface area contributed by atoms with Crippen molar-refractivity contribution in [3.05, 3.63) is 65.7 Å². The van der Waals surface area contributed by atoms with Gasteiger partial charge in [0.25, 0.3) is 0 Å². The topological polar surface area (TPSA) is 66.9 Å². The summed E-state index contributed by atoms with van der Waals surface area (Å²) in [7, 11) is -1.70. The fourth-order valence-electron chi connectivity index (χ4n) is 4.90. The van der Waals surface area contributed by atoms with Gasteiger partial charge in [0.2, 0.25) is 15.9 Å². The second-order valence-electron chi connectivity index (χ2n) is 8.80. The lowest BCUT2D eigenvalue weighted by Crippen LogP contribution is -2.46. The van der Waals surface area contributed by atoms with Gasteiger partial charge in [0.15, 0.2) is 0 Å². The molecule has 0 radical (unpaired) electrons. The Balaban J connectivity index is 1.34. The van der Waals surface area contributed by atoms with E-state index in [1.165, 1.54) is 5.56 Å². The van der Waals surface area contributed by atoms with Crippen molar-refractivity contribution >= 4 is 15.9 Å². The quantitative estimate of drug-likeness (QED) is 0.640. The van der Waals surface area contributed by atoms with E-state index in [1.54, 1.807) is 11.4 Å². The van der Waals surface area contributed by atoms with Gasteiger partial charge in [0.1, 0.15) is 5.75 Å². The Labute approximate surface area is 191 Å². The molecular weight excluding hydrogens is 424 g/mol. The average Bonchev–Trinajstić information content (AvgIpc) is 3.27. The minimum absolute atomic E-state index is 0.0151. The Kier molecular flexibility index (Phi) is 7.16. The zero-order valence-electron chi connectivity index (χ0n) is 18.7. The zero-order chi connectivity index (χ0) is 22.6.